The first kappa shape index (κ1) is 11.6. The molecule has 1 unspecified atom stereocenters. The first-order chi connectivity index (χ1) is 7.29. The predicted octanol–water partition coefficient (Wildman–Crippen LogP) is 2.65. The molecule has 0 aromatic carbocycles. The third kappa shape index (κ3) is 3.03. The molecule has 4 heteroatoms. The number of likely N-dealkylation sites (tertiary alicyclic amines) is 1. The quantitative estimate of drug-likeness (QED) is 0.923. The van der Waals surface area contributed by atoms with E-state index in [4.69, 9.17) is 5.73 Å². The molecule has 0 saturated carbocycles. The van der Waals surface area contributed by atoms with Crippen molar-refractivity contribution < 1.29 is 0 Å². The van der Waals surface area contributed by atoms with Crippen LogP contribution in [-0.4, -0.2) is 31.1 Å². The van der Waals surface area contributed by atoms with Crippen molar-refractivity contribution in [3.63, 3.8) is 0 Å². The molecular weight excluding hydrogens is 272 g/mol. The number of thiophene rings is 1. The Morgan fingerprint density at radius 1 is 1.40 bits per heavy atom. The second kappa shape index (κ2) is 5.43. The summed E-state index contributed by atoms with van der Waals surface area (Å²) in [6.45, 7) is 4.39. The Morgan fingerprint density at radius 2 is 2.13 bits per heavy atom. The van der Waals surface area contributed by atoms with Crippen molar-refractivity contribution >= 4 is 27.3 Å². The van der Waals surface area contributed by atoms with Gasteiger partial charge in [-0.15, -0.1) is 11.3 Å². The molecular formula is C11H17BrN2S. The van der Waals surface area contributed by atoms with Gasteiger partial charge in [0, 0.05) is 23.9 Å². The maximum absolute atomic E-state index is 5.86. The molecule has 15 heavy (non-hydrogen) atoms. The van der Waals surface area contributed by atoms with Gasteiger partial charge in [-0.1, -0.05) is 0 Å². The minimum Gasteiger partial charge on any atom is -0.330 e. The molecule has 0 amide bonds. The Kier molecular flexibility index (Phi) is 4.20. The summed E-state index contributed by atoms with van der Waals surface area (Å²) in [5.74, 6) is 0.513. The van der Waals surface area contributed by atoms with Crippen LogP contribution in [0.2, 0.25) is 0 Å². The zero-order chi connectivity index (χ0) is 10.7. The molecule has 2 heterocycles. The van der Waals surface area contributed by atoms with E-state index < -0.39 is 0 Å². The fourth-order valence-corrected chi connectivity index (χ4v) is 3.63. The summed E-state index contributed by atoms with van der Waals surface area (Å²) in [6, 6.07) is 4.31. The van der Waals surface area contributed by atoms with Crippen molar-refractivity contribution in [1.82, 2.24) is 4.90 Å². The highest BCUT2D eigenvalue weighted by atomic mass is 79.9. The van der Waals surface area contributed by atoms with Crippen molar-refractivity contribution in [2.24, 2.45) is 5.73 Å². The van der Waals surface area contributed by atoms with Crippen LogP contribution in [0.25, 0.3) is 0 Å². The van der Waals surface area contributed by atoms with Gasteiger partial charge in [-0.25, -0.2) is 0 Å². The average Bonchev–Trinajstić information content (AvgIpc) is 2.85. The summed E-state index contributed by atoms with van der Waals surface area (Å²) >= 11 is 5.32. The smallest absolute Gasteiger partial charge is 0.0701 e. The monoisotopic (exact) mass is 288 g/mol. The summed E-state index contributed by atoms with van der Waals surface area (Å²) in [7, 11) is 0. The van der Waals surface area contributed by atoms with E-state index in [0.717, 1.165) is 13.1 Å². The van der Waals surface area contributed by atoms with Crippen LogP contribution in [0.5, 0.6) is 0 Å². The molecule has 1 aliphatic rings. The lowest BCUT2D eigenvalue weighted by molar-refractivity contribution is 0.317. The first-order valence-electron chi connectivity index (χ1n) is 5.47. The molecule has 1 aromatic heterocycles. The maximum atomic E-state index is 5.86. The van der Waals surface area contributed by atoms with Crippen molar-refractivity contribution in [2.45, 2.75) is 18.8 Å². The summed E-state index contributed by atoms with van der Waals surface area (Å²) in [4.78, 5) is 3.95. The van der Waals surface area contributed by atoms with E-state index in [0.29, 0.717) is 5.92 Å². The molecule has 1 aromatic rings. The van der Waals surface area contributed by atoms with Crippen LogP contribution >= 0.6 is 27.3 Å². The largest absolute Gasteiger partial charge is 0.330 e. The van der Waals surface area contributed by atoms with Crippen molar-refractivity contribution in [1.29, 1.82) is 0 Å². The summed E-state index contributed by atoms with van der Waals surface area (Å²) in [6.07, 6.45) is 2.71. The molecule has 1 fully saturated rings. The molecule has 0 spiro atoms. The zero-order valence-corrected chi connectivity index (χ0v) is 11.2. The van der Waals surface area contributed by atoms with E-state index >= 15 is 0 Å². The average molecular weight is 289 g/mol. The van der Waals surface area contributed by atoms with Crippen molar-refractivity contribution in [3.05, 3.63) is 20.8 Å². The predicted molar refractivity (Wildman–Crippen MR) is 69.5 cm³/mol. The standard InChI is InChI=1S/C11H17BrN2S/c12-11-4-3-10(15-11)9(7-13)8-14-5-1-2-6-14/h3-4,9H,1-2,5-8,13H2. The van der Waals surface area contributed by atoms with E-state index in [1.165, 1.54) is 34.6 Å². The minimum atomic E-state index is 0.513. The highest BCUT2D eigenvalue weighted by Crippen LogP contribution is 2.29. The van der Waals surface area contributed by atoms with Gasteiger partial charge < -0.3 is 10.6 Å². The molecule has 1 aliphatic heterocycles. The van der Waals surface area contributed by atoms with E-state index in [1.54, 1.807) is 0 Å². The van der Waals surface area contributed by atoms with Gasteiger partial charge in [0.15, 0.2) is 0 Å². The molecule has 2 nitrogen and oxygen atoms in total. The Bertz CT molecular complexity index is 307. The second-order valence-electron chi connectivity index (χ2n) is 4.08. The molecule has 1 atom stereocenters. The van der Waals surface area contributed by atoms with Gasteiger partial charge >= 0.3 is 0 Å². The molecule has 2 N–H and O–H groups in total. The fourth-order valence-electron chi connectivity index (χ4n) is 2.11. The molecule has 0 radical (unpaired) electrons. The Morgan fingerprint density at radius 3 is 2.67 bits per heavy atom. The second-order valence-corrected chi connectivity index (χ2v) is 6.58. The van der Waals surface area contributed by atoms with Gasteiger partial charge in [-0.3, -0.25) is 0 Å². The van der Waals surface area contributed by atoms with Crippen LogP contribution in [0, 0.1) is 0 Å². The Hall–Kier alpha value is 0.1000. The van der Waals surface area contributed by atoms with Gasteiger partial charge in [-0.2, -0.15) is 0 Å². The number of nitrogens with zero attached hydrogens (tertiary/aromatic N) is 1. The number of hydrogen-bond acceptors (Lipinski definition) is 3. The minimum absolute atomic E-state index is 0.513. The lowest BCUT2D eigenvalue weighted by atomic mass is 10.1. The Labute approximate surface area is 104 Å². The van der Waals surface area contributed by atoms with Crippen LogP contribution in [-0.2, 0) is 0 Å². The van der Waals surface area contributed by atoms with Gasteiger partial charge in [0.1, 0.15) is 0 Å². The van der Waals surface area contributed by atoms with Gasteiger partial charge in [0.2, 0.25) is 0 Å². The molecule has 2 rings (SSSR count). The van der Waals surface area contributed by atoms with E-state index in [1.807, 2.05) is 11.3 Å². The van der Waals surface area contributed by atoms with Crippen LogP contribution in [0.15, 0.2) is 15.9 Å². The van der Waals surface area contributed by atoms with Gasteiger partial charge in [0.25, 0.3) is 0 Å². The van der Waals surface area contributed by atoms with Crippen LogP contribution in [0.1, 0.15) is 23.6 Å². The highest BCUT2D eigenvalue weighted by molar-refractivity contribution is 9.11. The molecule has 84 valence electrons. The molecule has 0 aliphatic carbocycles. The SMILES string of the molecule is NCC(CN1CCCC1)c1ccc(Br)s1. The van der Waals surface area contributed by atoms with Crippen LogP contribution in [0.4, 0.5) is 0 Å². The van der Waals surface area contributed by atoms with E-state index in [2.05, 4.69) is 33.0 Å². The van der Waals surface area contributed by atoms with Gasteiger partial charge in [-0.05, 0) is 54.0 Å². The zero-order valence-electron chi connectivity index (χ0n) is 8.79. The highest BCUT2D eigenvalue weighted by Gasteiger charge is 2.18. The number of hydrogen-bond donors (Lipinski definition) is 1. The lowest BCUT2D eigenvalue weighted by Gasteiger charge is -2.21. The molecule has 0 bridgehead atoms. The molecule has 1 saturated heterocycles. The summed E-state index contributed by atoms with van der Waals surface area (Å²) in [5, 5.41) is 0. The maximum Gasteiger partial charge on any atom is 0.0701 e. The third-order valence-corrected chi connectivity index (χ3v) is 4.74. The van der Waals surface area contributed by atoms with E-state index in [-0.39, 0.29) is 0 Å². The number of halogens is 1. The number of nitrogens with two attached hydrogens (primary N) is 1. The summed E-state index contributed by atoms with van der Waals surface area (Å²) < 4.78 is 1.21. The van der Waals surface area contributed by atoms with Crippen LogP contribution in [0.3, 0.4) is 0 Å². The first-order valence-corrected chi connectivity index (χ1v) is 7.08. The van der Waals surface area contributed by atoms with Gasteiger partial charge in [0.05, 0.1) is 3.79 Å². The topological polar surface area (TPSA) is 29.3 Å². The van der Waals surface area contributed by atoms with Crippen molar-refractivity contribution in [2.75, 3.05) is 26.2 Å². The third-order valence-electron chi connectivity index (χ3n) is 2.96. The summed E-state index contributed by atoms with van der Waals surface area (Å²) in [5.41, 5.74) is 5.86. The normalized spacial score (nSPS) is 19.6. The van der Waals surface area contributed by atoms with E-state index in [9.17, 15) is 0 Å². The fraction of sp³-hybridized carbons (Fsp3) is 0.636. The lowest BCUT2D eigenvalue weighted by Crippen LogP contribution is -2.29. The Balaban J connectivity index is 1.97. The number of rotatable bonds is 4. The van der Waals surface area contributed by atoms with Crippen LogP contribution < -0.4 is 5.73 Å². The van der Waals surface area contributed by atoms with Crippen molar-refractivity contribution in [3.8, 4) is 0 Å².